The smallest absolute Gasteiger partial charge is 0.343 e. The number of nitrogens with one attached hydrogen (secondary N) is 1. The molecule has 2 aromatic carbocycles. The van der Waals surface area contributed by atoms with E-state index < -0.39 is 17.6 Å². The molecule has 2 heterocycles. The largest absolute Gasteiger partial charge is 0.416 e. The first-order valence-electron chi connectivity index (χ1n) is 12.3. The van der Waals surface area contributed by atoms with Crippen LogP contribution in [0.1, 0.15) is 71.3 Å². The van der Waals surface area contributed by atoms with Gasteiger partial charge in [-0.15, -0.1) is 0 Å². The van der Waals surface area contributed by atoms with Gasteiger partial charge in [-0.25, -0.2) is 4.98 Å². The molecule has 0 bridgehead atoms. The Morgan fingerprint density at radius 2 is 1.87 bits per heavy atom. The third kappa shape index (κ3) is 6.89. The monoisotopic (exact) mass is 544 g/mol. The molecule has 1 fully saturated rings. The minimum absolute atomic E-state index is 0.0284. The van der Waals surface area contributed by atoms with E-state index >= 15 is 0 Å². The third-order valence-electron chi connectivity index (χ3n) is 6.84. The maximum Gasteiger partial charge on any atom is 0.416 e. The van der Waals surface area contributed by atoms with Gasteiger partial charge in [0.05, 0.1) is 17.5 Å². The Bertz CT molecular complexity index is 1320. The number of hydrogen-bond donors (Lipinski definition) is 1. The van der Waals surface area contributed by atoms with E-state index in [1.807, 2.05) is 13.0 Å². The number of likely N-dealkylation sites (tertiary alicyclic amines) is 1. The standard InChI is InChI=1S/C28H28ClF3N4O2/c1-17(10-25-15-33-16-26(29)34-25)20-4-3-5-24(14-20)35-27(38)22-11-21(12-23(13-22)28(30,31)32)19-6-8-36(9-7-19)18(2)37/h3-5,11-17,19H,6-10H2,1-2H3,(H,35,38)/t17-/m1/s1. The number of piperidine rings is 1. The Hall–Kier alpha value is -3.46. The zero-order valence-corrected chi connectivity index (χ0v) is 21.8. The molecule has 1 atom stereocenters. The molecule has 200 valence electrons. The molecule has 0 saturated carbocycles. The molecule has 0 aliphatic carbocycles. The molecule has 0 radical (unpaired) electrons. The minimum atomic E-state index is -4.59. The van der Waals surface area contributed by atoms with Crippen molar-refractivity contribution in [1.82, 2.24) is 14.9 Å². The Morgan fingerprint density at radius 3 is 2.53 bits per heavy atom. The average Bonchev–Trinajstić information content (AvgIpc) is 2.88. The van der Waals surface area contributed by atoms with Crippen molar-refractivity contribution >= 4 is 29.1 Å². The molecule has 38 heavy (non-hydrogen) atoms. The van der Waals surface area contributed by atoms with Gasteiger partial charge in [0, 0.05) is 37.5 Å². The quantitative estimate of drug-likeness (QED) is 0.386. The fraction of sp³-hybridized carbons (Fsp3) is 0.357. The van der Waals surface area contributed by atoms with Crippen LogP contribution in [0.3, 0.4) is 0 Å². The lowest BCUT2D eigenvalue weighted by molar-refractivity contribution is -0.137. The van der Waals surface area contributed by atoms with Gasteiger partial charge in [0.1, 0.15) is 5.15 Å². The number of amides is 2. The van der Waals surface area contributed by atoms with Gasteiger partial charge in [0.2, 0.25) is 5.91 Å². The summed E-state index contributed by atoms with van der Waals surface area (Å²) in [5.74, 6) is -0.812. The first kappa shape index (κ1) is 27.6. The highest BCUT2D eigenvalue weighted by molar-refractivity contribution is 6.29. The fourth-order valence-corrected chi connectivity index (χ4v) is 4.91. The van der Waals surface area contributed by atoms with Crippen molar-refractivity contribution in [2.45, 2.75) is 51.1 Å². The van der Waals surface area contributed by atoms with E-state index in [1.54, 1.807) is 29.3 Å². The molecule has 1 aliphatic rings. The van der Waals surface area contributed by atoms with Crippen LogP contribution < -0.4 is 5.32 Å². The van der Waals surface area contributed by atoms with Crippen LogP contribution in [0.15, 0.2) is 54.9 Å². The molecule has 0 unspecified atom stereocenters. The average molecular weight is 545 g/mol. The van der Waals surface area contributed by atoms with Gasteiger partial charge in [0.15, 0.2) is 0 Å². The zero-order chi connectivity index (χ0) is 27.4. The predicted molar refractivity (Wildman–Crippen MR) is 139 cm³/mol. The van der Waals surface area contributed by atoms with Crippen LogP contribution in [0, 0.1) is 0 Å². The molecular weight excluding hydrogens is 517 g/mol. The van der Waals surface area contributed by atoms with Crippen molar-refractivity contribution in [2.24, 2.45) is 0 Å². The predicted octanol–water partition coefficient (Wildman–Crippen LogP) is 6.47. The number of benzene rings is 2. The number of aromatic nitrogens is 2. The fourth-order valence-electron chi connectivity index (χ4n) is 4.75. The molecule has 6 nitrogen and oxygen atoms in total. The van der Waals surface area contributed by atoms with Crippen LogP contribution in [0.2, 0.25) is 5.15 Å². The van der Waals surface area contributed by atoms with Gasteiger partial charge in [-0.3, -0.25) is 14.6 Å². The molecule has 1 N–H and O–H groups in total. The topological polar surface area (TPSA) is 75.2 Å². The molecule has 1 aliphatic heterocycles. The summed E-state index contributed by atoms with van der Waals surface area (Å²) in [7, 11) is 0. The summed E-state index contributed by atoms with van der Waals surface area (Å²) in [5, 5.41) is 3.06. The first-order chi connectivity index (χ1) is 18.0. The lowest BCUT2D eigenvalue weighted by Crippen LogP contribution is -2.36. The second kappa shape index (κ2) is 11.5. The molecule has 2 amide bonds. The summed E-state index contributed by atoms with van der Waals surface area (Å²) in [6, 6.07) is 10.7. The van der Waals surface area contributed by atoms with Crippen molar-refractivity contribution in [3.8, 4) is 0 Å². The lowest BCUT2D eigenvalue weighted by atomic mass is 9.87. The number of rotatable bonds is 6. The number of carbonyl (C=O) groups excluding carboxylic acids is 2. The summed E-state index contributed by atoms with van der Waals surface area (Å²) in [6.45, 7) is 4.43. The van der Waals surface area contributed by atoms with Gasteiger partial charge in [-0.05, 0) is 72.6 Å². The van der Waals surface area contributed by atoms with Crippen molar-refractivity contribution in [2.75, 3.05) is 18.4 Å². The van der Waals surface area contributed by atoms with E-state index in [0.717, 1.165) is 23.4 Å². The van der Waals surface area contributed by atoms with E-state index in [9.17, 15) is 22.8 Å². The van der Waals surface area contributed by atoms with Crippen LogP contribution in [0.5, 0.6) is 0 Å². The number of anilines is 1. The summed E-state index contributed by atoms with van der Waals surface area (Å²) < 4.78 is 41.1. The Balaban J connectivity index is 1.53. The van der Waals surface area contributed by atoms with Gasteiger partial charge in [-0.1, -0.05) is 30.7 Å². The zero-order valence-electron chi connectivity index (χ0n) is 21.1. The van der Waals surface area contributed by atoms with E-state index in [-0.39, 0.29) is 23.3 Å². The highest BCUT2D eigenvalue weighted by atomic mass is 35.5. The van der Waals surface area contributed by atoms with Gasteiger partial charge >= 0.3 is 6.18 Å². The van der Waals surface area contributed by atoms with E-state index in [0.29, 0.717) is 48.8 Å². The summed E-state index contributed by atoms with van der Waals surface area (Å²) in [6.07, 6.45) is 0.162. The number of carbonyl (C=O) groups is 2. The number of nitrogens with zero attached hydrogens (tertiary/aromatic N) is 3. The van der Waals surface area contributed by atoms with Crippen LogP contribution in [0.25, 0.3) is 0 Å². The molecule has 4 rings (SSSR count). The SMILES string of the molecule is CC(=O)N1CCC(c2cc(C(=O)Nc3cccc([C@H](C)Cc4cncc(Cl)n4)c3)cc(C(F)(F)F)c2)CC1. The van der Waals surface area contributed by atoms with Crippen molar-refractivity contribution in [1.29, 1.82) is 0 Å². The van der Waals surface area contributed by atoms with Crippen LogP contribution in [-0.2, 0) is 17.4 Å². The first-order valence-corrected chi connectivity index (χ1v) is 12.7. The number of alkyl halides is 3. The van der Waals surface area contributed by atoms with Crippen LogP contribution in [-0.4, -0.2) is 39.8 Å². The minimum Gasteiger partial charge on any atom is -0.343 e. The maximum absolute atomic E-state index is 13.7. The Labute approximate surface area is 224 Å². The normalized spacial score (nSPS) is 15.3. The Kier molecular flexibility index (Phi) is 8.35. The third-order valence-corrected chi connectivity index (χ3v) is 7.02. The highest BCUT2D eigenvalue weighted by Gasteiger charge is 2.33. The molecule has 1 aromatic heterocycles. The molecule has 10 heteroatoms. The van der Waals surface area contributed by atoms with Gasteiger partial charge in [0.25, 0.3) is 5.91 Å². The number of halogens is 4. The second-order valence-electron chi connectivity index (χ2n) is 9.64. The van der Waals surface area contributed by atoms with E-state index in [2.05, 4.69) is 15.3 Å². The Morgan fingerprint density at radius 1 is 1.13 bits per heavy atom. The molecule has 1 saturated heterocycles. The molecule has 3 aromatic rings. The van der Waals surface area contributed by atoms with Crippen LogP contribution >= 0.6 is 11.6 Å². The summed E-state index contributed by atoms with van der Waals surface area (Å²) in [5.41, 5.74) is 1.66. The second-order valence-corrected chi connectivity index (χ2v) is 10.0. The molecule has 0 spiro atoms. The highest BCUT2D eigenvalue weighted by Crippen LogP contribution is 2.35. The van der Waals surface area contributed by atoms with Crippen molar-refractivity contribution in [3.63, 3.8) is 0 Å². The molecular formula is C28H28ClF3N4O2. The van der Waals surface area contributed by atoms with E-state index in [4.69, 9.17) is 11.6 Å². The summed E-state index contributed by atoms with van der Waals surface area (Å²) in [4.78, 5) is 34.7. The van der Waals surface area contributed by atoms with Gasteiger partial charge < -0.3 is 10.2 Å². The van der Waals surface area contributed by atoms with Gasteiger partial charge in [-0.2, -0.15) is 13.2 Å². The number of hydrogen-bond acceptors (Lipinski definition) is 4. The maximum atomic E-state index is 13.7. The lowest BCUT2D eigenvalue weighted by Gasteiger charge is -2.32. The van der Waals surface area contributed by atoms with E-state index in [1.165, 1.54) is 19.2 Å². The van der Waals surface area contributed by atoms with Crippen molar-refractivity contribution < 1.29 is 22.8 Å². The van der Waals surface area contributed by atoms with Crippen LogP contribution in [0.4, 0.5) is 18.9 Å². The summed E-state index contributed by atoms with van der Waals surface area (Å²) >= 11 is 5.93. The van der Waals surface area contributed by atoms with Crippen molar-refractivity contribution in [3.05, 3.63) is 88.0 Å².